The third-order valence-electron chi connectivity index (χ3n) is 4.25. The Morgan fingerprint density at radius 3 is 2.52 bits per heavy atom. The highest BCUT2D eigenvalue weighted by molar-refractivity contribution is 7.99. The number of nitrogens with zero attached hydrogens (tertiary/aromatic N) is 1. The van der Waals surface area contributed by atoms with Gasteiger partial charge in [-0.15, -0.1) is 11.8 Å². The fourth-order valence-electron chi connectivity index (χ4n) is 2.73. The zero-order valence-electron chi connectivity index (χ0n) is 15.9. The quantitative estimate of drug-likeness (QED) is 0.667. The van der Waals surface area contributed by atoms with Crippen molar-refractivity contribution in [3.8, 4) is 0 Å². The van der Waals surface area contributed by atoms with Crippen LogP contribution in [0.3, 0.4) is 0 Å². The molecule has 1 N–H and O–H groups in total. The van der Waals surface area contributed by atoms with E-state index in [0.717, 1.165) is 16.0 Å². The molecule has 0 aliphatic heterocycles. The van der Waals surface area contributed by atoms with Gasteiger partial charge < -0.3 is 10.2 Å². The molecule has 0 saturated carbocycles. The average molecular weight is 405 g/mol. The van der Waals surface area contributed by atoms with Crippen LogP contribution in [0.4, 0.5) is 0 Å². The maximum atomic E-state index is 12.9. The van der Waals surface area contributed by atoms with Crippen LogP contribution < -0.4 is 5.32 Å². The summed E-state index contributed by atoms with van der Waals surface area (Å²) < 4.78 is 0. The Hall–Kier alpha value is -1.98. The summed E-state index contributed by atoms with van der Waals surface area (Å²) in [7, 11) is 1.59. The molecule has 144 valence electrons. The molecule has 2 amide bonds. The number of benzene rings is 2. The van der Waals surface area contributed by atoms with Gasteiger partial charge in [-0.25, -0.2) is 0 Å². The fraction of sp³-hybridized carbons (Fsp3) is 0.333. The van der Waals surface area contributed by atoms with Gasteiger partial charge in [-0.1, -0.05) is 41.4 Å². The first kappa shape index (κ1) is 21.3. The lowest BCUT2D eigenvalue weighted by molar-refractivity contribution is -0.140. The van der Waals surface area contributed by atoms with Gasteiger partial charge in [0.05, 0.1) is 0 Å². The van der Waals surface area contributed by atoms with Crippen LogP contribution in [0, 0.1) is 6.92 Å². The second kappa shape index (κ2) is 10.4. The van der Waals surface area contributed by atoms with E-state index in [0.29, 0.717) is 23.7 Å². The van der Waals surface area contributed by atoms with E-state index in [9.17, 15) is 9.59 Å². The summed E-state index contributed by atoms with van der Waals surface area (Å²) in [5.41, 5.74) is 2.15. The molecule has 0 radical (unpaired) electrons. The van der Waals surface area contributed by atoms with E-state index >= 15 is 0 Å². The van der Waals surface area contributed by atoms with Gasteiger partial charge in [-0.2, -0.15) is 0 Å². The van der Waals surface area contributed by atoms with Crippen molar-refractivity contribution in [1.29, 1.82) is 0 Å². The van der Waals surface area contributed by atoms with Crippen LogP contribution in [0.2, 0.25) is 5.02 Å². The van der Waals surface area contributed by atoms with E-state index in [1.54, 1.807) is 30.6 Å². The Balaban J connectivity index is 2.03. The molecule has 0 fully saturated rings. The number of aryl methyl sites for hydroxylation is 1. The number of amides is 2. The van der Waals surface area contributed by atoms with Crippen molar-refractivity contribution in [3.05, 3.63) is 64.7 Å². The number of carbonyl (C=O) groups excluding carboxylic acids is 2. The second-order valence-corrected chi connectivity index (χ2v) is 7.96. The van der Waals surface area contributed by atoms with Gasteiger partial charge in [0.1, 0.15) is 6.04 Å². The molecule has 2 rings (SSSR count). The van der Waals surface area contributed by atoms with E-state index in [1.165, 1.54) is 0 Å². The molecular formula is C21H25ClN2O2S. The zero-order chi connectivity index (χ0) is 19.8. The number of halogens is 1. The minimum absolute atomic E-state index is 0.0333. The topological polar surface area (TPSA) is 49.4 Å². The first-order valence-electron chi connectivity index (χ1n) is 8.85. The Bertz CT molecular complexity index is 780. The summed E-state index contributed by atoms with van der Waals surface area (Å²) >= 11 is 7.50. The van der Waals surface area contributed by atoms with Gasteiger partial charge in [-0.05, 0) is 43.7 Å². The molecule has 1 unspecified atom stereocenters. The van der Waals surface area contributed by atoms with Crippen molar-refractivity contribution in [2.24, 2.45) is 0 Å². The molecule has 0 heterocycles. The van der Waals surface area contributed by atoms with Gasteiger partial charge in [-0.3, -0.25) is 9.59 Å². The fourth-order valence-corrected chi connectivity index (χ4v) is 3.70. The number of rotatable bonds is 8. The molecule has 0 aliphatic rings. The monoisotopic (exact) mass is 404 g/mol. The van der Waals surface area contributed by atoms with E-state index in [1.807, 2.05) is 55.5 Å². The van der Waals surface area contributed by atoms with Crippen LogP contribution in [0.25, 0.3) is 0 Å². The van der Waals surface area contributed by atoms with Crippen LogP contribution in [-0.2, 0) is 16.1 Å². The molecule has 4 nitrogen and oxygen atoms in total. The number of thioether (sulfide) groups is 1. The van der Waals surface area contributed by atoms with E-state index < -0.39 is 6.04 Å². The summed E-state index contributed by atoms with van der Waals surface area (Å²) in [6.45, 7) is 4.19. The van der Waals surface area contributed by atoms with Crippen LogP contribution >= 0.6 is 23.4 Å². The molecule has 0 spiro atoms. The highest BCUT2D eigenvalue weighted by Gasteiger charge is 2.25. The molecule has 27 heavy (non-hydrogen) atoms. The molecule has 0 aliphatic carbocycles. The lowest BCUT2D eigenvalue weighted by atomic mass is 10.1. The van der Waals surface area contributed by atoms with Crippen molar-refractivity contribution in [2.75, 3.05) is 12.8 Å². The number of nitrogens with one attached hydrogen (secondary N) is 1. The lowest BCUT2D eigenvalue weighted by Gasteiger charge is -2.28. The van der Waals surface area contributed by atoms with Crippen LogP contribution in [0.5, 0.6) is 0 Å². The number of likely N-dealkylation sites (N-methyl/N-ethyl adjacent to an activating group) is 1. The van der Waals surface area contributed by atoms with Gasteiger partial charge in [0.2, 0.25) is 11.8 Å². The molecular weight excluding hydrogens is 380 g/mol. The molecule has 0 aromatic heterocycles. The summed E-state index contributed by atoms with van der Waals surface area (Å²) in [5.74, 6) is 0.445. The van der Waals surface area contributed by atoms with Crippen molar-refractivity contribution in [2.45, 2.75) is 37.8 Å². The molecule has 1 atom stereocenters. The molecule has 0 saturated heterocycles. The maximum Gasteiger partial charge on any atom is 0.242 e. The van der Waals surface area contributed by atoms with Crippen molar-refractivity contribution >= 4 is 35.2 Å². The summed E-state index contributed by atoms with van der Waals surface area (Å²) in [5, 5.41) is 3.33. The molecule has 2 aromatic rings. The zero-order valence-corrected chi connectivity index (χ0v) is 17.4. The SMILES string of the molecule is CNC(=O)C(C)N(Cc1cccc(C)c1)C(=O)CCSc1ccc(Cl)cc1. The van der Waals surface area contributed by atoms with Gasteiger partial charge in [0.15, 0.2) is 0 Å². The highest BCUT2D eigenvalue weighted by Crippen LogP contribution is 2.22. The van der Waals surface area contributed by atoms with Gasteiger partial charge >= 0.3 is 0 Å². The Labute approximate surface area is 170 Å². The Morgan fingerprint density at radius 1 is 1.19 bits per heavy atom. The Morgan fingerprint density at radius 2 is 1.89 bits per heavy atom. The molecule has 0 bridgehead atoms. The van der Waals surface area contributed by atoms with Crippen molar-refractivity contribution in [1.82, 2.24) is 10.2 Å². The number of hydrogen-bond acceptors (Lipinski definition) is 3. The van der Waals surface area contributed by atoms with Crippen molar-refractivity contribution < 1.29 is 9.59 Å². The van der Waals surface area contributed by atoms with Crippen LogP contribution in [0.15, 0.2) is 53.4 Å². The predicted octanol–water partition coefficient (Wildman–Crippen LogP) is 4.29. The Kier molecular flexibility index (Phi) is 8.20. The van der Waals surface area contributed by atoms with Gasteiger partial charge in [0, 0.05) is 35.7 Å². The largest absolute Gasteiger partial charge is 0.357 e. The van der Waals surface area contributed by atoms with E-state index in [2.05, 4.69) is 5.32 Å². The third-order valence-corrected chi connectivity index (χ3v) is 5.51. The second-order valence-electron chi connectivity index (χ2n) is 6.35. The minimum atomic E-state index is -0.524. The summed E-state index contributed by atoms with van der Waals surface area (Å²) in [6.07, 6.45) is 0.362. The molecule has 2 aromatic carbocycles. The van der Waals surface area contributed by atoms with Crippen LogP contribution in [-0.4, -0.2) is 35.6 Å². The summed E-state index contributed by atoms with van der Waals surface area (Å²) in [4.78, 5) is 27.7. The predicted molar refractivity (Wildman–Crippen MR) is 112 cm³/mol. The third kappa shape index (κ3) is 6.60. The smallest absolute Gasteiger partial charge is 0.242 e. The summed E-state index contributed by atoms with van der Waals surface area (Å²) in [6, 6.07) is 15.0. The maximum absolute atomic E-state index is 12.9. The lowest BCUT2D eigenvalue weighted by Crippen LogP contribution is -2.46. The van der Waals surface area contributed by atoms with Gasteiger partial charge in [0.25, 0.3) is 0 Å². The first-order valence-corrected chi connectivity index (χ1v) is 10.2. The first-order chi connectivity index (χ1) is 12.9. The normalized spacial score (nSPS) is 11.7. The number of carbonyl (C=O) groups is 2. The number of hydrogen-bond donors (Lipinski definition) is 1. The standard InChI is InChI=1S/C21H25ClN2O2S/c1-15-5-4-6-17(13-15)14-24(16(2)21(26)23-3)20(25)11-12-27-19-9-7-18(22)8-10-19/h4-10,13,16H,11-12,14H2,1-3H3,(H,23,26). The van der Waals surface area contributed by atoms with E-state index in [4.69, 9.17) is 11.6 Å². The van der Waals surface area contributed by atoms with E-state index in [-0.39, 0.29) is 11.8 Å². The van der Waals surface area contributed by atoms with Crippen LogP contribution in [0.1, 0.15) is 24.5 Å². The van der Waals surface area contributed by atoms with Crippen molar-refractivity contribution in [3.63, 3.8) is 0 Å². The molecule has 6 heteroatoms. The minimum Gasteiger partial charge on any atom is -0.357 e. The average Bonchev–Trinajstić information content (AvgIpc) is 2.66. The highest BCUT2D eigenvalue weighted by atomic mass is 35.5.